The lowest BCUT2D eigenvalue weighted by molar-refractivity contribution is 0.0704. The number of hydrogen-bond acceptors (Lipinski definition) is 10. The van der Waals surface area contributed by atoms with E-state index in [-0.39, 0.29) is 24.9 Å². The molecule has 0 aromatic carbocycles. The van der Waals surface area contributed by atoms with Gasteiger partial charge in [-0.3, -0.25) is 0 Å². The first-order chi connectivity index (χ1) is 15.0. The molecule has 0 radical (unpaired) electrons. The molecule has 0 rings (SSSR count). The molecule has 0 aliphatic heterocycles. The SMILES string of the molecule is CCO[Si](CCCS(=O)(=O)S(=O)(=O)CCC[Si](OCC)(OCC)OCC)(OCC)OCC. The Morgan fingerprint density at radius 3 is 0.875 bits per heavy atom. The molecule has 0 spiro atoms. The fourth-order valence-corrected chi connectivity index (χ4v) is 12.7. The van der Waals surface area contributed by atoms with Gasteiger partial charge in [0.15, 0.2) is 0 Å². The molecule has 194 valence electrons. The third-order valence-corrected chi connectivity index (χ3v) is 16.3. The molecule has 0 atom stereocenters. The third kappa shape index (κ3) is 10.6. The van der Waals surface area contributed by atoms with Crippen molar-refractivity contribution in [2.45, 2.75) is 66.5 Å². The average Bonchev–Trinajstić information content (AvgIpc) is 2.69. The third-order valence-electron chi connectivity index (χ3n) is 4.33. The fourth-order valence-electron chi connectivity index (χ4n) is 3.19. The largest absolute Gasteiger partial charge is 0.500 e. The molecule has 10 nitrogen and oxygen atoms in total. The van der Waals surface area contributed by atoms with Crippen molar-refractivity contribution < 1.29 is 43.4 Å². The van der Waals surface area contributed by atoms with Gasteiger partial charge in [-0.2, -0.15) is 0 Å². The maximum atomic E-state index is 12.6. The number of rotatable bonds is 21. The zero-order chi connectivity index (χ0) is 24.7. The summed E-state index contributed by atoms with van der Waals surface area (Å²) in [6.45, 7) is 13.0. The van der Waals surface area contributed by atoms with Crippen LogP contribution in [0.1, 0.15) is 54.4 Å². The zero-order valence-corrected chi connectivity index (χ0v) is 24.0. The van der Waals surface area contributed by atoms with E-state index in [1.54, 1.807) is 41.5 Å². The first kappa shape index (κ1) is 32.1. The lowest BCUT2D eigenvalue weighted by atomic mass is 10.6. The van der Waals surface area contributed by atoms with Gasteiger partial charge in [0.25, 0.3) is 17.7 Å². The second-order valence-corrected chi connectivity index (χ2v) is 18.3. The van der Waals surface area contributed by atoms with E-state index in [1.165, 1.54) is 0 Å². The first-order valence-corrected chi connectivity index (χ1v) is 19.0. The summed E-state index contributed by atoms with van der Waals surface area (Å²) >= 11 is 0. The second-order valence-electron chi connectivity index (χ2n) is 6.69. The molecule has 0 aromatic rings. The molecule has 14 heteroatoms. The lowest BCUT2D eigenvalue weighted by Gasteiger charge is -2.28. The van der Waals surface area contributed by atoms with Gasteiger partial charge < -0.3 is 26.6 Å². The molecule has 32 heavy (non-hydrogen) atoms. The van der Waals surface area contributed by atoms with Crippen molar-refractivity contribution in [2.75, 3.05) is 51.1 Å². The quantitative estimate of drug-likeness (QED) is 0.159. The normalized spacial score (nSPS) is 13.6. The fraction of sp³-hybridized carbons (Fsp3) is 1.00. The summed E-state index contributed by atoms with van der Waals surface area (Å²) in [4.78, 5) is 0. The summed E-state index contributed by atoms with van der Waals surface area (Å²) in [5.41, 5.74) is 0. The highest BCUT2D eigenvalue weighted by molar-refractivity contribution is 8.67. The van der Waals surface area contributed by atoms with Crippen LogP contribution in [0.3, 0.4) is 0 Å². The minimum atomic E-state index is -4.36. The highest BCUT2D eigenvalue weighted by Gasteiger charge is 2.42. The van der Waals surface area contributed by atoms with Crippen LogP contribution < -0.4 is 0 Å². The van der Waals surface area contributed by atoms with Crippen molar-refractivity contribution in [3.05, 3.63) is 0 Å². The van der Waals surface area contributed by atoms with E-state index in [1.807, 2.05) is 0 Å². The van der Waals surface area contributed by atoms with E-state index < -0.39 is 46.9 Å². The predicted octanol–water partition coefficient (Wildman–Crippen LogP) is 2.61. The Balaban J connectivity index is 5.10. The van der Waals surface area contributed by atoms with E-state index in [9.17, 15) is 16.8 Å². The monoisotopic (exact) mass is 538 g/mol. The van der Waals surface area contributed by atoms with Crippen LogP contribution in [0.15, 0.2) is 0 Å². The summed E-state index contributed by atoms with van der Waals surface area (Å²) in [7, 11) is -14.8. The van der Waals surface area contributed by atoms with Crippen LogP contribution in [0.5, 0.6) is 0 Å². The van der Waals surface area contributed by atoms with E-state index in [0.717, 1.165) is 0 Å². The predicted molar refractivity (Wildman–Crippen MR) is 128 cm³/mol. The van der Waals surface area contributed by atoms with Crippen LogP contribution in [0.25, 0.3) is 0 Å². The standard InChI is InChI=1S/C18H42O10S2Si2/c1-7-23-31(24-8-2,25-9-3)17-13-15-29(19,20)30(21,22)16-14-18-32(26-10-4,27-11-5)28-12-6/h7-18H2,1-6H3. The van der Waals surface area contributed by atoms with Crippen molar-refractivity contribution in [1.82, 2.24) is 0 Å². The molecule has 0 heterocycles. The second kappa shape index (κ2) is 15.9. The van der Waals surface area contributed by atoms with Gasteiger partial charge in [0.05, 0.1) is 11.5 Å². The van der Waals surface area contributed by atoms with Gasteiger partial charge in [-0.15, -0.1) is 0 Å². The minimum absolute atomic E-state index is 0.0727. The number of hydrogen-bond donors (Lipinski definition) is 0. The van der Waals surface area contributed by atoms with Gasteiger partial charge in [0.1, 0.15) is 0 Å². The van der Waals surface area contributed by atoms with Crippen LogP contribution in [0, 0.1) is 0 Å². The molecule has 0 saturated carbocycles. The van der Waals surface area contributed by atoms with Gasteiger partial charge in [-0.25, -0.2) is 16.8 Å². The van der Waals surface area contributed by atoms with Crippen LogP contribution in [0.4, 0.5) is 0 Å². The molecule has 0 aliphatic carbocycles. The molecule has 0 saturated heterocycles. The van der Waals surface area contributed by atoms with Crippen LogP contribution in [0.2, 0.25) is 12.1 Å². The maximum absolute atomic E-state index is 12.6. The zero-order valence-electron chi connectivity index (χ0n) is 20.4. The summed E-state index contributed by atoms with van der Waals surface area (Å²) in [6.07, 6.45) is 0.145. The van der Waals surface area contributed by atoms with Gasteiger partial charge in [0.2, 0.25) is 0 Å². The van der Waals surface area contributed by atoms with Gasteiger partial charge in [-0.05, 0) is 54.4 Å². The summed E-state index contributed by atoms with van der Waals surface area (Å²) in [5.74, 6) is -1.02. The topological polar surface area (TPSA) is 124 Å². The van der Waals surface area contributed by atoms with Gasteiger partial charge >= 0.3 is 17.6 Å². The van der Waals surface area contributed by atoms with Gasteiger partial charge in [0, 0.05) is 51.7 Å². The average molecular weight is 539 g/mol. The highest BCUT2D eigenvalue weighted by Crippen LogP contribution is 2.22. The molecule has 0 aromatic heterocycles. The van der Waals surface area contributed by atoms with Crippen molar-refractivity contribution in [3.8, 4) is 0 Å². The van der Waals surface area contributed by atoms with Crippen molar-refractivity contribution in [2.24, 2.45) is 0 Å². The molecule has 0 unspecified atom stereocenters. The summed E-state index contributed by atoms with van der Waals surface area (Å²) < 4.78 is 84.4. The molecule has 0 bridgehead atoms. The van der Waals surface area contributed by atoms with Gasteiger partial charge in [-0.1, -0.05) is 0 Å². The first-order valence-electron chi connectivity index (χ1n) is 11.3. The van der Waals surface area contributed by atoms with E-state index >= 15 is 0 Å². The molecule has 0 aliphatic rings. The minimum Gasteiger partial charge on any atom is -0.374 e. The Hall–Kier alpha value is 0.0938. The van der Waals surface area contributed by atoms with E-state index in [4.69, 9.17) is 26.6 Å². The van der Waals surface area contributed by atoms with E-state index in [0.29, 0.717) is 39.6 Å². The molecule has 0 fully saturated rings. The van der Waals surface area contributed by atoms with E-state index in [2.05, 4.69) is 0 Å². The highest BCUT2D eigenvalue weighted by atomic mass is 33.2. The Labute approximate surface area is 196 Å². The smallest absolute Gasteiger partial charge is 0.374 e. The van der Waals surface area contributed by atoms with Crippen molar-refractivity contribution in [3.63, 3.8) is 0 Å². The Bertz CT molecular complexity index is 607. The Kier molecular flexibility index (Phi) is 15.9. The summed E-state index contributed by atoms with van der Waals surface area (Å²) in [6, 6.07) is 0.457. The molecule has 0 N–H and O–H groups in total. The van der Waals surface area contributed by atoms with Crippen molar-refractivity contribution >= 4 is 35.3 Å². The maximum Gasteiger partial charge on any atom is 0.500 e. The molecular weight excluding hydrogens is 496 g/mol. The Morgan fingerprint density at radius 2 is 0.688 bits per heavy atom. The lowest BCUT2D eigenvalue weighted by Crippen LogP contribution is -2.46. The Morgan fingerprint density at radius 1 is 0.469 bits per heavy atom. The van der Waals surface area contributed by atoms with Crippen LogP contribution in [-0.4, -0.2) is 85.6 Å². The van der Waals surface area contributed by atoms with Crippen LogP contribution >= 0.6 is 0 Å². The van der Waals surface area contributed by atoms with Crippen molar-refractivity contribution in [1.29, 1.82) is 0 Å². The summed E-state index contributed by atoms with van der Waals surface area (Å²) in [5, 5.41) is 0. The van der Waals surface area contributed by atoms with Crippen LogP contribution in [-0.2, 0) is 44.3 Å². The molecule has 0 amide bonds. The molecular formula is C18H42O10S2Si2.